The largest absolute Gasteiger partial charge is 0.295 e. The van der Waals surface area contributed by atoms with E-state index >= 15 is 0 Å². The predicted octanol–water partition coefficient (Wildman–Crippen LogP) is 0.0878. The topological polar surface area (TPSA) is 83.6 Å². The number of fused-ring (bicyclic) bond motifs is 1. The van der Waals surface area contributed by atoms with Gasteiger partial charge in [0, 0.05) is 6.42 Å². The number of nitrogens with one attached hydrogen (secondary N) is 1. The number of amides is 4. The summed E-state index contributed by atoms with van der Waals surface area (Å²) in [5.74, 6) is -1.92. The van der Waals surface area contributed by atoms with E-state index in [-0.39, 0.29) is 18.7 Å². The van der Waals surface area contributed by atoms with Crippen LogP contribution >= 0.6 is 0 Å². The quantitative estimate of drug-likeness (QED) is 0.722. The summed E-state index contributed by atoms with van der Waals surface area (Å²) in [5, 5.41) is 2.15. The summed E-state index contributed by atoms with van der Waals surface area (Å²) in [4.78, 5) is 48.1. The molecular weight excluding hydrogens is 247 g/mol. The second-order valence-corrected chi connectivity index (χ2v) is 4.49. The van der Waals surface area contributed by atoms with Gasteiger partial charge < -0.3 is 0 Å². The van der Waals surface area contributed by atoms with Gasteiger partial charge in [0.25, 0.3) is 11.8 Å². The summed E-state index contributed by atoms with van der Waals surface area (Å²) >= 11 is 0. The van der Waals surface area contributed by atoms with Crippen molar-refractivity contribution in [3.63, 3.8) is 0 Å². The van der Waals surface area contributed by atoms with Gasteiger partial charge in [0.15, 0.2) is 0 Å². The molecule has 1 fully saturated rings. The van der Waals surface area contributed by atoms with E-state index in [0.29, 0.717) is 11.1 Å². The molecule has 0 aromatic heterocycles. The SMILES string of the molecule is O=C1CCC(N2C(=O)c3ccccc3[11C]2=O)C(=O)N1. The summed E-state index contributed by atoms with van der Waals surface area (Å²) in [6.07, 6.45) is 0.306. The van der Waals surface area contributed by atoms with E-state index < -0.39 is 23.8 Å². The van der Waals surface area contributed by atoms with Crippen LogP contribution in [0.4, 0.5) is 0 Å². The van der Waals surface area contributed by atoms with E-state index in [1.165, 1.54) is 0 Å². The molecule has 0 aliphatic carbocycles. The molecule has 1 saturated heterocycles. The van der Waals surface area contributed by atoms with Crippen LogP contribution in [-0.4, -0.2) is 34.6 Å². The lowest BCUT2D eigenvalue weighted by Gasteiger charge is -2.27. The summed E-state index contributed by atoms with van der Waals surface area (Å²) in [7, 11) is 0. The highest BCUT2D eigenvalue weighted by Gasteiger charge is 2.44. The van der Waals surface area contributed by atoms with Gasteiger partial charge in [0.05, 0.1) is 11.1 Å². The molecule has 4 amide bonds. The minimum absolute atomic E-state index is 0.129. The molecular formula is C13H10N2O4. The maximum absolute atomic E-state index is 12.2. The Morgan fingerprint density at radius 2 is 1.58 bits per heavy atom. The van der Waals surface area contributed by atoms with E-state index in [9.17, 15) is 19.2 Å². The van der Waals surface area contributed by atoms with Gasteiger partial charge in [-0.1, -0.05) is 12.1 Å². The number of nitrogens with zero attached hydrogens (tertiary/aromatic N) is 1. The number of hydrogen-bond donors (Lipinski definition) is 1. The number of rotatable bonds is 1. The zero-order valence-electron chi connectivity index (χ0n) is 9.88. The van der Waals surface area contributed by atoms with Gasteiger partial charge in [-0.05, 0) is 18.6 Å². The first-order chi connectivity index (χ1) is 9.09. The zero-order valence-corrected chi connectivity index (χ0v) is 9.88. The van der Waals surface area contributed by atoms with Gasteiger partial charge in [-0.25, -0.2) is 0 Å². The van der Waals surface area contributed by atoms with E-state index in [0.717, 1.165) is 4.90 Å². The third kappa shape index (κ3) is 1.64. The maximum Gasteiger partial charge on any atom is 0.262 e. The Morgan fingerprint density at radius 3 is 2.11 bits per heavy atom. The summed E-state index contributed by atoms with van der Waals surface area (Å²) in [6, 6.07) is 5.55. The number of benzene rings is 1. The molecule has 3 rings (SSSR count). The van der Waals surface area contributed by atoms with Crippen LogP contribution in [0.25, 0.3) is 0 Å². The number of carbonyl (C=O) groups excluding carboxylic acids is 4. The molecule has 1 N–H and O–H groups in total. The first-order valence-electron chi connectivity index (χ1n) is 5.90. The Balaban J connectivity index is 1.96. The molecule has 96 valence electrons. The molecule has 1 aromatic rings. The van der Waals surface area contributed by atoms with Crippen LogP contribution in [0.3, 0.4) is 0 Å². The van der Waals surface area contributed by atoms with Crippen molar-refractivity contribution in [3.8, 4) is 0 Å². The van der Waals surface area contributed by atoms with Crippen molar-refractivity contribution in [2.24, 2.45) is 0 Å². The van der Waals surface area contributed by atoms with E-state index in [4.69, 9.17) is 0 Å². The van der Waals surface area contributed by atoms with Crippen LogP contribution in [0.15, 0.2) is 24.3 Å². The predicted molar refractivity (Wildman–Crippen MR) is 63.1 cm³/mol. The lowest BCUT2D eigenvalue weighted by atomic mass is 9.86. The minimum atomic E-state index is -0.898. The first kappa shape index (κ1) is 11.6. The Kier molecular flexibility index (Phi) is 2.45. The first-order valence-corrected chi connectivity index (χ1v) is 5.90. The van der Waals surface area contributed by atoms with E-state index in [2.05, 4.69) is 5.32 Å². The van der Waals surface area contributed by atoms with Crippen molar-refractivity contribution in [1.29, 1.82) is 0 Å². The summed E-state index contributed by atoms with van der Waals surface area (Å²) < 4.78 is 0. The smallest absolute Gasteiger partial charge is 0.262 e. The number of carbonyl (C=O) groups is 4. The van der Waals surface area contributed by atoms with Gasteiger partial charge >= 0.3 is 0 Å². The highest BCUT2D eigenvalue weighted by atomic mass is 16.2. The summed E-state index contributed by atoms with van der Waals surface area (Å²) in [5.41, 5.74) is 0.606. The van der Waals surface area contributed by atoms with Gasteiger partial charge in [0.1, 0.15) is 6.04 Å². The molecule has 0 spiro atoms. The fourth-order valence-electron chi connectivity index (χ4n) is 2.42. The Labute approximate surface area is 108 Å². The van der Waals surface area contributed by atoms with Gasteiger partial charge in [-0.15, -0.1) is 0 Å². The second-order valence-electron chi connectivity index (χ2n) is 4.49. The van der Waals surface area contributed by atoms with Crippen molar-refractivity contribution >= 4 is 23.6 Å². The van der Waals surface area contributed by atoms with Gasteiger partial charge in [-0.2, -0.15) is 0 Å². The Hall–Kier alpha value is -2.50. The van der Waals surface area contributed by atoms with Crippen molar-refractivity contribution < 1.29 is 19.2 Å². The van der Waals surface area contributed by atoms with Crippen LogP contribution in [0.1, 0.15) is 33.6 Å². The van der Waals surface area contributed by atoms with Crippen LogP contribution in [-0.2, 0) is 9.59 Å². The van der Waals surface area contributed by atoms with Crippen molar-refractivity contribution in [2.45, 2.75) is 18.9 Å². The highest BCUT2D eigenvalue weighted by Crippen LogP contribution is 2.26. The molecule has 2 aliphatic heterocycles. The minimum Gasteiger partial charge on any atom is -0.295 e. The Bertz CT molecular complexity index is 588. The number of imide groups is 2. The molecule has 0 bridgehead atoms. The molecule has 2 heterocycles. The second kappa shape index (κ2) is 4.01. The monoisotopic (exact) mass is 257 g/mol. The third-order valence-electron chi connectivity index (χ3n) is 3.35. The molecule has 0 saturated carbocycles. The molecule has 19 heavy (non-hydrogen) atoms. The van der Waals surface area contributed by atoms with Crippen LogP contribution < -0.4 is 5.32 Å². The van der Waals surface area contributed by atoms with Crippen molar-refractivity contribution in [1.82, 2.24) is 10.2 Å². The van der Waals surface area contributed by atoms with Crippen LogP contribution in [0.5, 0.6) is 0 Å². The Morgan fingerprint density at radius 1 is 1.00 bits per heavy atom. The molecule has 6 heteroatoms. The van der Waals surface area contributed by atoms with Gasteiger partial charge in [0.2, 0.25) is 11.8 Å². The highest BCUT2D eigenvalue weighted by molar-refractivity contribution is 6.23. The average Bonchev–Trinajstić information content (AvgIpc) is 2.64. The van der Waals surface area contributed by atoms with Crippen molar-refractivity contribution in [2.75, 3.05) is 0 Å². The zero-order chi connectivity index (χ0) is 13.6. The number of hydrogen-bond acceptors (Lipinski definition) is 4. The maximum atomic E-state index is 12.2. The molecule has 2 aliphatic rings. The fourth-order valence-corrected chi connectivity index (χ4v) is 2.42. The van der Waals surface area contributed by atoms with Crippen molar-refractivity contribution in [3.05, 3.63) is 35.4 Å². The lowest BCUT2D eigenvalue weighted by Crippen LogP contribution is -2.54. The number of piperidine rings is 1. The lowest BCUT2D eigenvalue weighted by molar-refractivity contribution is -0.136. The summed E-state index contributed by atoms with van der Waals surface area (Å²) in [6.45, 7) is 0. The molecule has 0 radical (unpaired) electrons. The van der Waals surface area contributed by atoms with E-state index in [1.807, 2.05) is 0 Å². The third-order valence-corrected chi connectivity index (χ3v) is 3.35. The fraction of sp³-hybridized carbons (Fsp3) is 0.231. The molecule has 6 nitrogen and oxygen atoms in total. The molecule has 1 atom stereocenters. The van der Waals surface area contributed by atoms with E-state index in [1.54, 1.807) is 24.3 Å². The van der Waals surface area contributed by atoms with Crippen LogP contribution in [0, 0.1) is 0 Å². The average molecular weight is 257 g/mol. The standard InChI is InChI=1S/C13H10N2O4/c16-10-6-5-9(11(17)14-10)15-12(18)7-3-1-2-4-8(7)13(15)19/h1-4,9H,5-6H2,(H,14,16,17)/i12-1. The van der Waals surface area contributed by atoms with Crippen LogP contribution in [0.2, 0.25) is 0 Å². The normalized spacial score (nSPS) is 22.5. The van der Waals surface area contributed by atoms with Gasteiger partial charge in [-0.3, -0.25) is 29.4 Å². The molecule has 1 aromatic carbocycles. The molecule has 1 unspecified atom stereocenters.